The van der Waals surface area contributed by atoms with Gasteiger partial charge < -0.3 is 10.0 Å². The summed E-state index contributed by atoms with van der Waals surface area (Å²) >= 11 is 0. The van der Waals surface area contributed by atoms with Crippen LogP contribution >= 0.6 is 0 Å². The molecule has 0 spiro atoms. The number of pyridine rings is 1. The van der Waals surface area contributed by atoms with Crippen molar-refractivity contribution in [3.05, 3.63) is 35.9 Å². The van der Waals surface area contributed by atoms with Gasteiger partial charge in [-0.15, -0.1) is 0 Å². The standard InChI is InChI=1S/C16H17N3O/c17-10-13-9-16(18-15-4-2-1-3-14(13)15)19-7-5-12(11-20)6-8-19/h1-4,9,12,20H,5-8,11H2. The van der Waals surface area contributed by atoms with Crippen LogP contribution in [-0.4, -0.2) is 29.8 Å². The molecule has 1 aliphatic heterocycles. The van der Waals surface area contributed by atoms with Gasteiger partial charge in [-0.1, -0.05) is 18.2 Å². The van der Waals surface area contributed by atoms with Crippen LogP contribution in [0.3, 0.4) is 0 Å². The molecule has 0 radical (unpaired) electrons. The Labute approximate surface area is 118 Å². The second kappa shape index (κ2) is 5.48. The zero-order chi connectivity index (χ0) is 13.9. The summed E-state index contributed by atoms with van der Waals surface area (Å²) in [7, 11) is 0. The summed E-state index contributed by atoms with van der Waals surface area (Å²) in [5.74, 6) is 1.28. The van der Waals surface area contributed by atoms with Crippen molar-refractivity contribution in [3.8, 4) is 6.07 Å². The van der Waals surface area contributed by atoms with E-state index in [0.717, 1.165) is 42.7 Å². The monoisotopic (exact) mass is 267 g/mol. The van der Waals surface area contributed by atoms with Crippen molar-refractivity contribution in [3.63, 3.8) is 0 Å². The number of hydrogen-bond acceptors (Lipinski definition) is 4. The number of nitrogens with zero attached hydrogens (tertiary/aromatic N) is 3. The molecule has 1 fully saturated rings. The molecule has 4 nitrogen and oxygen atoms in total. The van der Waals surface area contributed by atoms with Gasteiger partial charge in [-0.3, -0.25) is 0 Å². The predicted molar refractivity (Wildman–Crippen MR) is 78.5 cm³/mol. The van der Waals surface area contributed by atoms with E-state index in [1.165, 1.54) is 0 Å². The van der Waals surface area contributed by atoms with E-state index in [1.807, 2.05) is 30.3 Å². The Bertz CT molecular complexity index is 654. The number of nitriles is 1. The minimum atomic E-state index is 0.266. The van der Waals surface area contributed by atoms with Crippen LogP contribution in [0, 0.1) is 17.2 Å². The Morgan fingerprint density at radius 3 is 2.75 bits per heavy atom. The van der Waals surface area contributed by atoms with Crippen LogP contribution in [-0.2, 0) is 0 Å². The number of piperidine rings is 1. The number of aliphatic hydroxyl groups is 1. The average molecular weight is 267 g/mol. The van der Waals surface area contributed by atoms with Crippen molar-refractivity contribution in [2.75, 3.05) is 24.6 Å². The Morgan fingerprint density at radius 1 is 1.30 bits per heavy atom. The maximum absolute atomic E-state index is 9.31. The molecule has 3 rings (SSSR count). The maximum Gasteiger partial charge on any atom is 0.130 e. The normalized spacial score (nSPS) is 16.3. The highest BCUT2D eigenvalue weighted by molar-refractivity contribution is 5.86. The molecule has 1 aliphatic rings. The van der Waals surface area contributed by atoms with Crippen molar-refractivity contribution in [2.45, 2.75) is 12.8 Å². The zero-order valence-corrected chi connectivity index (χ0v) is 11.3. The second-order valence-electron chi connectivity index (χ2n) is 5.27. The summed E-state index contributed by atoms with van der Waals surface area (Å²) in [6.07, 6.45) is 1.96. The first kappa shape index (κ1) is 12.9. The lowest BCUT2D eigenvalue weighted by Gasteiger charge is -2.32. The van der Waals surface area contributed by atoms with Gasteiger partial charge in [-0.05, 0) is 30.9 Å². The van der Waals surface area contributed by atoms with Gasteiger partial charge in [0.05, 0.1) is 17.1 Å². The van der Waals surface area contributed by atoms with Gasteiger partial charge in [-0.2, -0.15) is 5.26 Å². The van der Waals surface area contributed by atoms with Crippen molar-refractivity contribution >= 4 is 16.7 Å². The van der Waals surface area contributed by atoms with Crippen LogP contribution in [0.2, 0.25) is 0 Å². The number of rotatable bonds is 2. The highest BCUT2D eigenvalue weighted by atomic mass is 16.3. The van der Waals surface area contributed by atoms with Crippen LogP contribution in [0.5, 0.6) is 0 Å². The third kappa shape index (κ3) is 2.33. The summed E-state index contributed by atoms with van der Waals surface area (Å²) < 4.78 is 0. The van der Waals surface area contributed by atoms with Crippen molar-refractivity contribution in [2.24, 2.45) is 5.92 Å². The van der Waals surface area contributed by atoms with E-state index in [-0.39, 0.29) is 6.61 Å². The topological polar surface area (TPSA) is 60.2 Å². The molecule has 1 N–H and O–H groups in total. The van der Waals surface area contributed by atoms with E-state index in [1.54, 1.807) is 0 Å². The van der Waals surface area contributed by atoms with E-state index in [9.17, 15) is 10.4 Å². The molecule has 4 heteroatoms. The van der Waals surface area contributed by atoms with Gasteiger partial charge in [0.25, 0.3) is 0 Å². The minimum Gasteiger partial charge on any atom is -0.396 e. The fourth-order valence-electron chi connectivity index (χ4n) is 2.76. The Hall–Kier alpha value is -2.12. The van der Waals surface area contributed by atoms with E-state index in [0.29, 0.717) is 11.5 Å². The van der Waals surface area contributed by atoms with Gasteiger partial charge >= 0.3 is 0 Å². The largest absolute Gasteiger partial charge is 0.396 e. The van der Waals surface area contributed by atoms with E-state index >= 15 is 0 Å². The molecule has 102 valence electrons. The fraction of sp³-hybridized carbons (Fsp3) is 0.375. The number of aliphatic hydroxyl groups excluding tert-OH is 1. The SMILES string of the molecule is N#Cc1cc(N2CCC(CO)CC2)nc2ccccc12. The van der Waals surface area contributed by atoms with Crippen LogP contribution in [0.4, 0.5) is 5.82 Å². The predicted octanol–water partition coefficient (Wildman–Crippen LogP) is 2.32. The summed E-state index contributed by atoms with van der Waals surface area (Å²) in [5.41, 5.74) is 1.54. The second-order valence-corrected chi connectivity index (χ2v) is 5.27. The van der Waals surface area contributed by atoms with Gasteiger partial charge in [0.15, 0.2) is 0 Å². The molecular weight excluding hydrogens is 250 g/mol. The van der Waals surface area contributed by atoms with Gasteiger partial charge in [0.2, 0.25) is 0 Å². The molecule has 0 amide bonds. The number of anilines is 1. The highest BCUT2D eigenvalue weighted by Crippen LogP contribution is 2.26. The molecule has 0 saturated carbocycles. The number of hydrogen-bond donors (Lipinski definition) is 1. The fourth-order valence-corrected chi connectivity index (χ4v) is 2.76. The van der Waals surface area contributed by atoms with Crippen molar-refractivity contribution < 1.29 is 5.11 Å². The molecule has 1 aromatic carbocycles. The minimum absolute atomic E-state index is 0.266. The lowest BCUT2D eigenvalue weighted by atomic mass is 9.98. The van der Waals surface area contributed by atoms with E-state index in [4.69, 9.17) is 0 Å². The first-order chi connectivity index (χ1) is 9.81. The molecular formula is C16H17N3O. The molecule has 0 atom stereocenters. The van der Waals surface area contributed by atoms with Crippen LogP contribution < -0.4 is 4.90 Å². The smallest absolute Gasteiger partial charge is 0.130 e. The maximum atomic E-state index is 9.31. The zero-order valence-electron chi connectivity index (χ0n) is 11.3. The van der Waals surface area contributed by atoms with Gasteiger partial charge in [-0.25, -0.2) is 4.98 Å². The quantitative estimate of drug-likeness (QED) is 0.907. The summed E-state index contributed by atoms with van der Waals surface area (Å²) in [6, 6.07) is 11.9. The van der Waals surface area contributed by atoms with Crippen molar-refractivity contribution in [1.29, 1.82) is 5.26 Å². The molecule has 1 aromatic heterocycles. The molecule has 2 heterocycles. The number of para-hydroxylation sites is 1. The number of fused-ring (bicyclic) bond motifs is 1. The van der Waals surface area contributed by atoms with E-state index in [2.05, 4.69) is 16.0 Å². The van der Waals surface area contributed by atoms with Crippen LogP contribution in [0.15, 0.2) is 30.3 Å². The Balaban J connectivity index is 1.95. The van der Waals surface area contributed by atoms with E-state index < -0.39 is 0 Å². The lowest BCUT2D eigenvalue weighted by molar-refractivity contribution is 0.203. The Kier molecular flexibility index (Phi) is 3.53. The summed E-state index contributed by atoms with van der Waals surface area (Å²) in [6.45, 7) is 2.05. The molecule has 0 unspecified atom stereocenters. The Morgan fingerprint density at radius 2 is 2.05 bits per heavy atom. The van der Waals surface area contributed by atoms with Crippen LogP contribution in [0.25, 0.3) is 10.9 Å². The first-order valence-electron chi connectivity index (χ1n) is 6.97. The summed E-state index contributed by atoms with van der Waals surface area (Å²) in [5, 5.41) is 19.4. The third-order valence-corrected chi connectivity index (χ3v) is 4.02. The first-order valence-corrected chi connectivity index (χ1v) is 6.97. The molecule has 1 saturated heterocycles. The highest BCUT2D eigenvalue weighted by Gasteiger charge is 2.20. The molecule has 0 aliphatic carbocycles. The lowest BCUT2D eigenvalue weighted by Crippen LogP contribution is -2.35. The molecule has 20 heavy (non-hydrogen) atoms. The average Bonchev–Trinajstić information content (AvgIpc) is 2.54. The molecule has 2 aromatic rings. The molecule has 0 bridgehead atoms. The van der Waals surface area contributed by atoms with Crippen LogP contribution in [0.1, 0.15) is 18.4 Å². The summed E-state index contributed by atoms with van der Waals surface area (Å²) in [4.78, 5) is 6.88. The van der Waals surface area contributed by atoms with Gasteiger partial charge in [0, 0.05) is 25.1 Å². The van der Waals surface area contributed by atoms with Crippen molar-refractivity contribution in [1.82, 2.24) is 4.98 Å². The third-order valence-electron chi connectivity index (χ3n) is 4.02. The number of benzene rings is 1. The van der Waals surface area contributed by atoms with Gasteiger partial charge in [0.1, 0.15) is 5.82 Å². The number of aromatic nitrogens is 1.